The molecule has 2 aliphatic rings. The summed E-state index contributed by atoms with van der Waals surface area (Å²) < 4.78 is 5.69. The van der Waals surface area contributed by atoms with Gasteiger partial charge in [0.1, 0.15) is 18.1 Å². The van der Waals surface area contributed by atoms with Crippen molar-refractivity contribution in [3.8, 4) is 11.5 Å². The molecule has 2 heterocycles. The molecule has 0 amide bonds. The fraction of sp³-hybridized carbons (Fsp3) is 0.571. The Morgan fingerprint density at radius 2 is 2.33 bits per heavy atom. The molecule has 18 heavy (non-hydrogen) atoms. The molecule has 2 aliphatic heterocycles. The molecule has 0 aliphatic carbocycles. The highest BCUT2D eigenvalue weighted by atomic mass is 16.5. The Morgan fingerprint density at radius 3 is 3.06 bits per heavy atom. The van der Waals surface area contributed by atoms with E-state index in [1.54, 1.807) is 12.1 Å². The molecule has 3 unspecified atom stereocenters. The third-order valence-corrected chi connectivity index (χ3v) is 4.20. The highest BCUT2D eigenvalue weighted by Gasteiger charge is 2.37. The van der Waals surface area contributed by atoms with Crippen molar-refractivity contribution in [3.05, 3.63) is 23.8 Å². The molecule has 1 saturated heterocycles. The lowest BCUT2D eigenvalue weighted by Crippen LogP contribution is -2.33. The number of phenols is 1. The van der Waals surface area contributed by atoms with Crippen LogP contribution in [0.4, 0.5) is 0 Å². The summed E-state index contributed by atoms with van der Waals surface area (Å²) in [6, 6.07) is 6.28. The third kappa shape index (κ3) is 1.85. The lowest BCUT2D eigenvalue weighted by molar-refractivity contribution is 0.155. The van der Waals surface area contributed by atoms with Crippen molar-refractivity contribution in [2.45, 2.75) is 25.4 Å². The fourth-order valence-electron chi connectivity index (χ4n) is 3.23. The summed E-state index contributed by atoms with van der Waals surface area (Å²) in [5.74, 6) is 1.69. The number of hydrogen-bond acceptors (Lipinski definition) is 4. The fourth-order valence-corrected chi connectivity index (χ4v) is 3.23. The molecule has 1 fully saturated rings. The Morgan fingerprint density at radius 1 is 1.50 bits per heavy atom. The number of benzene rings is 1. The van der Waals surface area contributed by atoms with Gasteiger partial charge < -0.3 is 15.6 Å². The molecule has 0 aromatic heterocycles. The minimum atomic E-state index is 0.267. The Balaban J connectivity index is 1.84. The Labute approximate surface area is 107 Å². The molecule has 3 atom stereocenters. The Bertz CT molecular complexity index is 449. The molecule has 0 saturated carbocycles. The summed E-state index contributed by atoms with van der Waals surface area (Å²) in [6.07, 6.45) is 1.17. The van der Waals surface area contributed by atoms with E-state index in [1.807, 2.05) is 6.07 Å². The SMILES string of the molecule is CC1CC(CN)CN1C1COc2cc(O)ccc21. The predicted molar refractivity (Wildman–Crippen MR) is 69.7 cm³/mol. The maximum Gasteiger partial charge on any atom is 0.127 e. The van der Waals surface area contributed by atoms with Crippen LogP contribution in [0.5, 0.6) is 11.5 Å². The molecular formula is C14H20N2O2. The van der Waals surface area contributed by atoms with Crippen molar-refractivity contribution in [3.63, 3.8) is 0 Å². The largest absolute Gasteiger partial charge is 0.508 e. The van der Waals surface area contributed by atoms with Crippen LogP contribution in [0.1, 0.15) is 24.9 Å². The first-order valence-corrected chi connectivity index (χ1v) is 6.60. The highest BCUT2D eigenvalue weighted by molar-refractivity contribution is 5.44. The quantitative estimate of drug-likeness (QED) is 0.832. The predicted octanol–water partition coefficient (Wildman–Crippen LogP) is 1.49. The molecule has 0 bridgehead atoms. The van der Waals surface area contributed by atoms with Gasteiger partial charge in [-0.15, -0.1) is 0 Å². The van der Waals surface area contributed by atoms with Gasteiger partial charge in [0, 0.05) is 24.2 Å². The van der Waals surface area contributed by atoms with Crippen LogP contribution in [-0.4, -0.2) is 35.7 Å². The van der Waals surface area contributed by atoms with Crippen LogP contribution in [0, 0.1) is 5.92 Å². The van der Waals surface area contributed by atoms with Crippen LogP contribution < -0.4 is 10.5 Å². The van der Waals surface area contributed by atoms with Crippen LogP contribution in [0.2, 0.25) is 0 Å². The summed E-state index contributed by atoms with van der Waals surface area (Å²) in [6.45, 7) is 4.75. The normalized spacial score (nSPS) is 31.3. The van der Waals surface area contributed by atoms with Crippen LogP contribution in [-0.2, 0) is 0 Å². The number of hydrogen-bond donors (Lipinski definition) is 2. The zero-order chi connectivity index (χ0) is 12.7. The van der Waals surface area contributed by atoms with Crippen molar-refractivity contribution in [2.75, 3.05) is 19.7 Å². The minimum absolute atomic E-state index is 0.267. The summed E-state index contributed by atoms with van der Waals surface area (Å²) in [5.41, 5.74) is 6.97. The standard InChI is InChI=1S/C14H20N2O2/c1-9-4-10(6-15)7-16(9)13-8-18-14-5-11(17)2-3-12(13)14/h2-3,5,9-10,13,17H,4,6-8,15H2,1H3. The van der Waals surface area contributed by atoms with Crippen molar-refractivity contribution in [2.24, 2.45) is 11.7 Å². The lowest BCUT2D eigenvalue weighted by atomic mass is 10.1. The first kappa shape index (κ1) is 11.8. The first-order chi connectivity index (χ1) is 8.69. The van der Waals surface area contributed by atoms with E-state index in [0.29, 0.717) is 24.6 Å². The van der Waals surface area contributed by atoms with Crippen molar-refractivity contribution < 1.29 is 9.84 Å². The van der Waals surface area contributed by atoms with E-state index in [1.165, 1.54) is 12.0 Å². The number of phenolic OH excluding ortho intramolecular Hbond substituents is 1. The smallest absolute Gasteiger partial charge is 0.127 e. The van der Waals surface area contributed by atoms with Gasteiger partial charge in [0.2, 0.25) is 0 Å². The average Bonchev–Trinajstić information content (AvgIpc) is 2.91. The number of aromatic hydroxyl groups is 1. The van der Waals surface area contributed by atoms with Crippen molar-refractivity contribution >= 4 is 0 Å². The van der Waals surface area contributed by atoms with Gasteiger partial charge in [-0.25, -0.2) is 0 Å². The van der Waals surface area contributed by atoms with Crippen molar-refractivity contribution in [1.29, 1.82) is 0 Å². The minimum Gasteiger partial charge on any atom is -0.508 e. The van der Waals surface area contributed by atoms with Crippen molar-refractivity contribution in [1.82, 2.24) is 4.90 Å². The van der Waals surface area contributed by atoms with Gasteiger partial charge in [-0.3, -0.25) is 4.90 Å². The summed E-state index contributed by atoms with van der Waals surface area (Å²) in [7, 11) is 0. The maximum atomic E-state index is 9.47. The van der Waals surface area contributed by atoms with E-state index in [-0.39, 0.29) is 5.75 Å². The van der Waals surface area contributed by atoms with E-state index in [4.69, 9.17) is 10.5 Å². The molecule has 4 heteroatoms. The van der Waals surface area contributed by atoms with Gasteiger partial charge in [-0.05, 0) is 37.9 Å². The van der Waals surface area contributed by atoms with Gasteiger partial charge in [-0.2, -0.15) is 0 Å². The third-order valence-electron chi connectivity index (χ3n) is 4.20. The number of ether oxygens (including phenoxy) is 1. The zero-order valence-corrected chi connectivity index (χ0v) is 10.7. The van der Waals surface area contributed by atoms with Gasteiger partial charge in [-0.1, -0.05) is 0 Å². The van der Waals surface area contributed by atoms with Gasteiger partial charge in [0.25, 0.3) is 0 Å². The number of nitrogens with two attached hydrogens (primary N) is 1. The summed E-state index contributed by atoms with van der Waals surface area (Å²) in [4.78, 5) is 2.49. The van der Waals surface area contributed by atoms with E-state index in [2.05, 4.69) is 11.8 Å². The van der Waals surface area contributed by atoms with E-state index < -0.39 is 0 Å². The van der Waals surface area contributed by atoms with Crippen LogP contribution in [0.15, 0.2) is 18.2 Å². The Hall–Kier alpha value is -1.26. The summed E-state index contributed by atoms with van der Waals surface area (Å²) >= 11 is 0. The van der Waals surface area contributed by atoms with Gasteiger partial charge in [0.15, 0.2) is 0 Å². The molecule has 0 spiro atoms. The van der Waals surface area contributed by atoms with E-state index in [0.717, 1.165) is 18.8 Å². The second kappa shape index (κ2) is 4.44. The number of fused-ring (bicyclic) bond motifs is 1. The summed E-state index contributed by atoms with van der Waals surface area (Å²) in [5, 5.41) is 9.47. The molecule has 3 rings (SSSR count). The lowest BCUT2D eigenvalue weighted by Gasteiger charge is -2.27. The Kier molecular flexibility index (Phi) is 2.92. The zero-order valence-electron chi connectivity index (χ0n) is 10.7. The van der Waals surface area contributed by atoms with Crippen LogP contribution in [0.25, 0.3) is 0 Å². The molecule has 0 radical (unpaired) electrons. The van der Waals surface area contributed by atoms with Crippen LogP contribution in [0.3, 0.4) is 0 Å². The topological polar surface area (TPSA) is 58.7 Å². The second-order valence-corrected chi connectivity index (χ2v) is 5.43. The number of nitrogens with zero attached hydrogens (tertiary/aromatic N) is 1. The van der Waals surface area contributed by atoms with Crippen LogP contribution >= 0.6 is 0 Å². The second-order valence-electron chi connectivity index (χ2n) is 5.43. The molecule has 4 nitrogen and oxygen atoms in total. The van der Waals surface area contributed by atoms with E-state index >= 15 is 0 Å². The molecule has 1 aromatic carbocycles. The molecule has 98 valence electrons. The molecular weight excluding hydrogens is 228 g/mol. The first-order valence-electron chi connectivity index (χ1n) is 6.60. The maximum absolute atomic E-state index is 9.47. The average molecular weight is 248 g/mol. The van der Waals surface area contributed by atoms with E-state index in [9.17, 15) is 5.11 Å². The number of likely N-dealkylation sites (tertiary alicyclic amines) is 1. The highest BCUT2D eigenvalue weighted by Crippen LogP contribution is 2.41. The monoisotopic (exact) mass is 248 g/mol. The van der Waals surface area contributed by atoms with Gasteiger partial charge in [0.05, 0.1) is 6.04 Å². The molecule has 3 N–H and O–H groups in total. The van der Waals surface area contributed by atoms with Gasteiger partial charge >= 0.3 is 0 Å². The number of rotatable bonds is 2. The molecule has 1 aromatic rings.